The largest absolute Gasteiger partial charge is 0.286 e. The average Bonchev–Trinajstić information content (AvgIpc) is 2.22. The van der Waals surface area contributed by atoms with Crippen molar-refractivity contribution >= 4 is 0 Å². The zero-order valence-corrected chi connectivity index (χ0v) is 13.2. The summed E-state index contributed by atoms with van der Waals surface area (Å²) in [5.41, 5.74) is 0. The van der Waals surface area contributed by atoms with Gasteiger partial charge in [-0.15, -0.1) is 12.5 Å². The SMILES string of the molecule is C=CCN(CC(C)C)C(C#CCC(C)C)C(C)C. The lowest BCUT2D eigenvalue weighted by Crippen LogP contribution is -2.40. The lowest BCUT2D eigenvalue weighted by molar-refractivity contribution is 0.195. The van der Waals surface area contributed by atoms with Gasteiger partial charge in [0.2, 0.25) is 0 Å². The molecule has 0 saturated heterocycles. The highest BCUT2D eigenvalue weighted by Gasteiger charge is 2.19. The first-order valence-electron chi connectivity index (χ1n) is 7.21. The van der Waals surface area contributed by atoms with Crippen LogP contribution in [0.2, 0.25) is 0 Å². The second-order valence-corrected chi connectivity index (χ2v) is 6.24. The third-order valence-corrected chi connectivity index (χ3v) is 2.75. The maximum Gasteiger partial charge on any atom is 0.0740 e. The molecular weight excluding hydrogens is 218 g/mol. The summed E-state index contributed by atoms with van der Waals surface area (Å²) >= 11 is 0. The van der Waals surface area contributed by atoms with Crippen molar-refractivity contribution in [2.24, 2.45) is 17.8 Å². The molecule has 1 unspecified atom stereocenters. The molecular formula is C17H31N. The highest BCUT2D eigenvalue weighted by molar-refractivity contribution is 5.10. The molecule has 0 bridgehead atoms. The van der Waals surface area contributed by atoms with Crippen LogP contribution in [0.15, 0.2) is 12.7 Å². The quantitative estimate of drug-likeness (QED) is 0.483. The van der Waals surface area contributed by atoms with Crippen molar-refractivity contribution in [3.8, 4) is 11.8 Å². The van der Waals surface area contributed by atoms with Gasteiger partial charge in [0.05, 0.1) is 6.04 Å². The van der Waals surface area contributed by atoms with Crippen LogP contribution in [0, 0.1) is 29.6 Å². The molecule has 0 radical (unpaired) electrons. The topological polar surface area (TPSA) is 3.24 Å². The number of hydrogen-bond acceptors (Lipinski definition) is 1. The Balaban J connectivity index is 4.77. The van der Waals surface area contributed by atoms with Gasteiger partial charge >= 0.3 is 0 Å². The van der Waals surface area contributed by atoms with Gasteiger partial charge in [0.25, 0.3) is 0 Å². The smallest absolute Gasteiger partial charge is 0.0740 e. The minimum Gasteiger partial charge on any atom is -0.286 e. The molecule has 0 saturated carbocycles. The van der Waals surface area contributed by atoms with E-state index in [0.29, 0.717) is 23.8 Å². The fourth-order valence-electron chi connectivity index (χ4n) is 1.98. The second kappa shape index (κ2) is 9.22. The normalized spacial score (nSPS) is 13.0. The fraction of sp³-hybridized carbons (Fsp3) is 0.765. The predicted molar refractivity (Wildman–Crippen MR) is 82.5 cm³/mol. The van der Waals surface area contributed by atoms with Crippen molar-refractivity contribution in [1.29, 1.82) is 0 Å². The van der Waals surface area contributed by atoms with Crippen LogP contribution in [0.4, 0.5) is 0 Å². The molecule has 1 nitrogen and oxygen atoms in total. The molecule has 1 atom stereocenters. The van der Waals surface area contributed by atoms with Gasteiger partial charge in [0, 0.05) is 19.5 Å². The van der Waals surface area contributed by atoms with E-state index in [1.807, 2.05) is 6.08 Å². The molecule has 104 valence electrons. The first kappa shape index (κ1) is 17.3. The van der Waals surface area contributed by atoms with E-state index in [1.165, 1.54) is 0 Å². The summed E-state index contributed by atoms with van der Waals surface area (Å²) in [6.45, 7) is 19.3. The first-order chi connectivity index (χ1) is 8.38. The molecule has 0 amide bonds. The second-order valence-electron chi connectivity index (χ2n) is 6.24. The molecule has 0 aromatic heterocycles. The predicted octanol–water partition coefficient (Wildman–Crippen LogP) is 4.20. The van der Waals surface area contributed by atoms with E-state index in [1.54, 1.807) is 0 Å². The standard InChI is InChI=1S/C17H31N/c1-8-12-18(13-15(4)5)17(16(6)7)11-9-10-14(2)3/h8,14-17H,1,10,12-13H2,2-7H3. The molecule has 0 rings (SSSR count). The van der Waals surface area contributed by atoms with Gasteiger partial charge in [0.1, 0.15) is 0 Å². The summed E-state index contributed by atoms with van der Waals surface area (Å²) in [5.74, 6) is 8.70. The van der Waals surface area contributed by atoms with E-state index in [4.69, 9.17) is 0 Å². The molecule has 0 aliphatic carbocycles. The summed E-state index contributed by atoms with van der Waals surface area (Å²) in [6.07, 6.45) is 2.98. The molecule has 0 fully saturated rings. The third-order valence-electron chi connectivity index (χ3n) is 2.75. The van der Waals surface area contributed by atoms with Crippen molar-refractivity contribution in [3.05, 3.63) is 12.7 Å². The van der Waals surface area contributed by atoms with Crippen LogP contribution in [-0.2, 0) is 0 Å². The van der Waals surface area contributed by atoms with Crippen molar-refractivity contribution in [1.82, 2.24) is 4.90 Å². The lowest BCUT2D eigenvalue weighted by atomic mass is 10.0. The Morgan fingerprint density at radius 3 is 2.06 bits per heavy atom. The summed E-state index contributed by atoms with van der Waals surface area (Å²) in [6, 6.07) is 0.351. The third kappa shape index (κ3) is 7.56. The van der Waals surface area contributed by atoms with Gasteiger partial charge in [-0.3, -0.25) is 4.90 Å². The fourth-order valence-corrected chi connectivity index (χ4v) is 1.98. The molecule has 0 heterocycles. The Labute approximate surface area is 115 Å². The maximum atomic E-state index is 3.87. The lowest BCUT2D eigenvalue weighted by Gasteiger charge is -2.31. The van der Waals surface area contributed by atoms with Gasteiger partial charge < -0.3 is 0 Å². The Morgan fingerprint density at radius 1 is 1.06 bits per heavy atom. The van der Waals surface area contributed by atoms with E-state index in [-0.39, 0.29) is 0 Å². The number of rotatable bonds is 7. The molecule has 0 aliphatic rings. The zero-order chi connectivity index (χ0) is 14.1. The van der Waals surface area contributed by atoms with E-state index in [0.717, 1.165) is 19.5 Å². The number of nitrogens with zero attached hydrogens (tertiary/aromatic N) is 1. The molecule has 0 spiro atoms. The van der Waals surface area contributed by atoms with E-state index in [2.05, 4.69) is 64.9 Å². The Morgan fingerprint density at radius 2 is 1.67 bits per heavy atom. The van der Waals surface area contributed by atoms with Crippen LogP contribution in [0.25, 0.3) is 0 Å². The zero-order valence-electron chi connectivity index (χ0n) is 13.2. The minimum absolute atomic E-state index is 0.351. The van der Waals surface area contributed by atoms with Crippen LogP contribution in [0.1, 0.15) is 48.0 Å². The average molecular weight is 249 g/mol. The summed E-state index contributed by atoms with van der Waals surface area (Å²) in [7, 11) is 0. The Hall–Kier alpha value is -0.740. The van der Waals surface area contributed by atoms with E-state index in [9.17, 15) is 0 Å². The summed E-state index contributed by atoms with van der Waals surface area (Å²) in [4.78, 5) is 2.45. The molecule has 1 heteroatoms. The van der Waals surface area contributed by atoms with Gasteiger partial charge in [-0.25, -0.2) is 0 Å². The van der Waals surface area contributed by atoms with Gasteiger partial charge in [0.15, 0.2) is 0 Å². The monoisotopic (exact) mass is 249 g/mol. The molecule has 0 N–H and O–H groups in total. The van der Waals surface area contributed by atoms with Gasteiger partial charge in [-0.05, 0) is 17.8 Å². The van der Waals surface area contributed by atoms with Crippen molar-refractivity contribution in [3.63, 3.8) is 0 Å². The molecule has 0 aliphatic heterocycles. The van der Waals surface area contributed by atoms with Crippen molar-refractivity contribution in [2.45, 2.75) is 54.0 Å². The van der Waals surface area contributed by atoms with E-state index >= 15 is 0 Å². The Bertz CT molecular complexity index is 278. The Kier molecular flexibility index (Phi) is 8.85. The van der Waals surface area contributed by atoms with Gasteiger partial charge in [-0.2, -0.15) is 0 Å². The van der Waals surface area contributed by atoms with Crippen LogP contribution < -0.4 is 0 Å². The first-order valence-corrected chi connectivity index (χ1v) is 7.21. The molecule has 0 aromatic carbocycles. The highest BCUT2D eigenvalue weighted by Crippen LogP contribution is 2.13. The summed E-state index contributed by atoms with van der Waals surface area (Å²) < 4.78 is 0. The van der Waals surface area contributed by atoms with Crippen LogP contribution in [0.3, 0.4) is 0 Å². The van der Waals surface area contributed by atoms with Crippen molar-refractivity contribution in [2.75, 3.05) is 13.1 Å². The van der Waals surface area contributed by atoms with Crippen LogP contribution in [0.5, 0.6) is 0 Å². The van der Waals surface area contributed by atoms with Crippen molar-refractivity contribution < 1.29 is 0 Å². The highest BCUT2D eigenvalue weighted by atomic mass is 15.1. The molecule has 0 aromatic rings. The summed E-state index contributed by atoms with van der Waals surface area (Å²) in [5, 5.41) is 0. The molecule has 18 heavy (non-hydrogen) atoms. The number of hydrogen-bond donors (Lipinski definition) is 0. The maximum absolute atomic E-state index is 3.87. The van der Waals surface area contributed by atoms with Crippen LogP contribution in [-0.4, -0.2) is 24.0 Å². The van der Waals surface area contributed by atoms with E-state index < -0.39 is 0 Å². The minimum atomic E-state index is 0.351. The van der Waals surface area contributed by atoms with Crippen LogP contribution >= 0.6 is 0 Å². The van der Waals surface area contributed by atoms with Gasteiger partial charge in [-0.1, -0.05) is 53.5 Å².